The highest BCUT2D eigenvalue weighted by molar-refractivity contribution is 5.90. The van der Waals surface area contributed by atoms with Gasteiger partial charge in [0.1, 0.15) is 0 Å². The van der Waals surface area contributed by atoms with Gasteiger partial charge in [-0.2, -0.15) is 0 Å². The molecule has 0 atom stereocenters. The maximum atomic E-state index is 11.8. The average Bonchev–Trinajstić information content (AvgIpc) is 2.17. The summed E-state index contributed by atoms with van der Waals surface area (Å²) in [6.07, 6.45) is 2.28. The van der Waals surface area contributed by atoms with Crippen LogP contribution in [0.5, 0.6) is 0 Å². The minimum absolute atomic E-state index is 0.416. The molecule has 0 aliphatic heterocycles. The summed E-state index contributed by atoms with van der Waals surface area (Å²) in [6.45, 7) is 11.1. The van der Waals surface area contributed by atoms with E-state index in [1.54, 1.807) is 13.8 Å². The van der Waals surface area contributed by atoms with Crippen LogP contribution in [0.2, 0.25) is 0 Å². The highest BCUT2D eigenvalue weighted by Gasteiger charge is 2.35. The molecule has 0 bridgehead atoms. The van der Waals surface area contributed by atoms with Gasteiger partial charge in [0.05, 0.1) is 10.8 Å². The SMILES string of the molecule is CCCC(C)(C)C(=O)OC(=O)C(C)(C)CC. The van der Waals surface area contributed by atoms with Crippen molar-refractivity contribution in [2.45, 2.75) is 60.8 Å². The molecule has 0 spiro atoms. The summed E-state index contributed by atoms with van der Waals surface area (Å²) in [7, 11) is 0. The zero-order valence-electron chi connectivity index (χ0n) is 11.3. The average molecular weight is 228 g/mol. The molecule has 0 aromatic heterocycles. The van der Waals surface area contributed by atoms with Crippen molar-refractivity contribution in [3.8, 4) is 0 Å². The van der Waals surface area contributed by atoms with Crippen LogP contribution in [0.15, 0.2) is 0 Å². The van der Waals surface area contributed by atoms with Crippen LogP contribution in [0.25, 0.3) is 0 Å². The Morgan fingerprint density at radius 2 is 1.38 bits per heavy atom. The second-order valence-corrected chi connectivity index (χ2v) is 5.55. The summed E-state index contributed by atoms with van der Waals surface area (Å²) in [5.74, 6) is -0.843. The Hall–Kier alpha value is -0.860. The molecule has 0 unspecified atom stereocenters. The first-order chi connectivity index (χ1) is 7.17. The number of hydrogen-bond acceptors (Lipinski definition) is 3. The fraction of sp³-hybridized carbons (Fsp3) is 0.846. The quantitative estimate of drug-likeness (QED) is 0.535. The normalized spacial score (nSPS) is 12.4. The summed E-state index contributed by atoms with van der Waals surface area (Å²) in [5, 5.41) is 0. The minimum atomic E-state index is -0.585. The second kappa shape index (κ2) is 5.46. The van der Waals surface area contributed by atoms with Gasteiger partial charge in [0.15, 0.2) is 0 Å². The predicted molar refractivity (Wildman–Crippen MR) is 63.9 cm³/mol. The van der Waals surface area contributed by atoms with Crippen LogP contribution in [0.3, 0.4) is 0 Å². The van der Waals surface area contributed by atoms with E-state index < -0.39 is 22.8 Å². The lowest BCUT2D eigenvalue weighted by molar-refractivity contribution is -0.172. The monoisotopic (exact) mass is 228 g/mol. The van der Waals surface area contributed by atoms with Crippen molar-refractivity contribution in [1.29, 1.82) is 0 Å². The smallest absolute Gasteiger partial charge is 0.319 e. The van der Waals surface area contributed by atoms with Crippen molar-refractivity contribution >= 4 is 11.9 Å². The summed E-state index contributed by atoms with van der Waals surface area (Å²) < 4.78 is 4.95. The third-order valence-corrected chi connectivity index (χ3v) is 3.05. The molecule has 0 aromatic carbocycles. The standard InChI is InChI=1S/C13H24O3/c1-7-9-13(5,6)11(15)16-10(14)12(3,4)8-2/h7-9H2,1-6H3. The lowest BCUT2D eigenvalue weighted by Crippen LogP contribution is -2.34. The van der Waals surface area contributed by atoms with E-state index in [9.17, 15) is 9.59 Å². The van der Waals surface area contributed by atoms with Crippen LogP contribution < -0.4 is 0 Å². The zero-order valence-corrected chi connectivity index (χ0v) is 11.3. The number of esters is 2. The zero-order chi connectivity index (χ0) is 13.0. The molecule has 16 heavy (non-hydrogen) atoms. The second-order valence-electron chi connectivity index (χ2n) is 5.55. The Labute approximate surface area is 98.6 Å². The predicted octanol–water partition coefficient (Wildman–Crippen LogP) is 3.32. The van der Waals surface area contributed by atoms with Crippen LogP contribution in [0, 0.1) is 10.8 Å². The van der Waals surface area contributed by atoms with Crippen LogP contribution in [-0.4, -0.2) is 11.9 Å². The molecule has 0 fully saturated rings. The molecule has 3 nitrogen and oxygen atoms in total. The van der Waals surface area contributed by atoms with Gasteiger partial charge in [-0.05, 0) is 40.5 Å². The highest BCUT2D eigenvalue weighted by Crippen LogP contribution is 2.27. The van der Waals surface area contributed by atoms with Gasteiger partial charge in [-0.25, -0.2) is 0 Å². The Balaban J connectivity index is 4.52. The van der Waals surface area contributed by atoms with Gasteiger partial charge in [0.25, 0.3) is 0 Å². The van der Waals surface area contributed by atoms with E-state index in [1.165, 1.54) is 0 Å². The van der Waals surface area contributed by atoms with E-state index in [4.69, 9.17) is 4.74 Å². The molecule has 0 aromatic rings. The molecule has 3 heteroatoms. The molecule has 94 valence electrons. The van der Waals surface area contributed by atoms with E-state index >= 15 is 0 Å². The van der Waals surface area contributed by atoms with Crippen molar-refractivity contribution < 1.29 is 14.3 Å². The first-order valence-corrected chi connectivity index (χ1v) is 5.94. The van der Waals surface area contributed by atoms with E-state index in [0.717, 1.165) is 12.8 Å². The summed E-state index contributed by atoms with van der Waals surface area (Å²) in [4.78, 5) is 23.5. The molecular weight excluding hydrogens is 204 g/mol. The van der Waals surface area contributed by atoms with Gasteiger partial charge < -0.3 is 4.74 Å². The lowest BCUT2D eigenvalue weighted by Gasteiger charge is -2.25. The van der Waals surface area contributed by atoms with Crippen molar-refractivity contribution in [3.05, 3.63) is 0 Å². The van der Waals surface area contributed by atoms with Crippen LogP contribution >= 0.6 is 0 Å². The fourth-order valence-electron chi connectivity index (χ4n) is 1.23. The Morgan fingerprint density at radius 1 is 0.938 bits per heavy atom. The highest BCUT2D eigenvalue weighted by atomic mass is 16.6. The van der Waals surface area contributed by atoms with Gasteiger partial charge in [-0.3, -0.25) is 9.59 Å². The van der Waals surface area contributed by atoms with Gasteiger partial charge in [0, 0.05) is 0 Å². The van der Waals surface area contributed by atoms with Crippen molar-refractivity contribution in [3.63, 3.8) is 0 Å². The van der Waals surface area contributed by atoms with Gasteiger partial charge in [0.2, 0.25) is 0 Å². The molecule has 0 N–H and O–H groups in total. The van der Waals surface area contributed by atoms with Crippen molar-refractivity contribution in [2.24, 2.45) is 10.8 Å². The van der Waals surface area contributed by atoms with E-state index in [2.05, 4.69) is 0 Å². The third kappa shape index (κ3) is 3.95. The minimum Gasteiger partial charge on any atom is -0.392 e. The molecule has 0 aliphatic rings. The molecular formula is C13H24O3. The fourth-order valence-corrected chi connectivity index (χ4v) is 1.23. The van der Waals surface area contributed by atoms with Crippen LogP contribution in [-0.2, 0) is 14.3 Å². The topological polar surface area (TPSA) is 43.4 Å². The lowest BCUT2D eigenvalue weighted by atomic mass is 9.87. The first-order valence-electron chi connectivity index (χ1n) is 5.94. The summed E-state index contributed by atoms with van der Waals surface area (Å²) >= 11 is 0. The molecule has 0 heterocycles. The van der Waals surface area contributed by atoms with Crippen LogP contribution in [0.1, 0.15) is 60.8 Å². The number of carbonyl (C=O) groups excluding carboxylic acids is 2. The molecule has 0 aliphatic carbocycles. The van der Waals surface area contributed by atoms with Gasteiger partial charge in [-0.1, -0.05) is 20.3 Å². The third-order valence-electron chi connectivity index (χ3n) is 3.05. The number of rotatable bonds is 5. The number of ether oxygens (including phenoxy) is 1. The molecule has 0 radical (unpaired) electrons. The van der Waals surface area contributed by atoms with Gasteiger partial charge >= 0.3 is 11.9 Å². The summed E-state index contributed by atoms with van der Waals surface area (Å²) in [6, 6.07) is 0. The van der Waals surface area contributed by atoms with Crippen molar-refractivity contribution in [1.82, 2.24) is 0 Å². The Kier molecular flexibility index (Phi) is 5.17. The molecule has 0 saturated heterocycles. The van der Waals surface area contributed by atoms with Crippen LogP contribution in [0.4, 0.5) is 0 Å². The van der Waals surface area contributed by atoms with E-state index in [0.29, 0.717) is 6.42 Å². The largest absolute Gasteiger partial charge is 0.392 e. The molecule has 0 amide bonds. The van der Waals surface area contributed by atoms with Gasteiger partial charge in [-0.15, -0.1) is 0 Å². The first kappa shape index (κ1) is 15.1. The summed E-state index contributed by atoms with van der Waals surface area (Å²) in [5.41, 5.74) is -1.16. The Morgan fingerprint density at radius 3 is 1.75 bits per heavy atom. The molecule has 0 saturated carbocycles. The molecule has 0 rings (SSSR count). The van der Waals surface area contributed by atoms with E-state index in [1.807, 2.05) is 27.7 Å². The van der Waals surface area contributed by atoms with Crippen molar-refractivity contribution in [2.75, 3.05) is 0 Å². The maximum absolute atomic E-state index is 11.8. The maximum Gasteiger partial charge on any atom is 0.319 e. The Bertz CT molecular complexity index is 264. The number of carbonyl (C=O) groups is 2. The number of hydrogen-bond donors (Lipinski definition) is 0. The van der Waals surface area contributed by atoms with E-state index in [-0.39, 0.29) is 0 Å².